The Bertz CT molecular complexity index is 353. The van der Waals surface area contributed by atoms with Gasteiger partial charge in [-0.2, -0.15) is 0 Å². The van der Waals surface area contributed by atoms with Crippen molar-refractivity contribution in [1.29, 1.82) is 0 Å². The van der Waals surface area contributed by atoms with E-state index in [1.165, 1.54) is 44.7 Å². The zero-order valence-corrected chi connectivity index (χ0v) is 12.7. The summed E-state index contributed by atoms with van der Waals surface area (Å²) in [7, 11) is 2.22. The molecule has 19 heavy (non-hydrogen) atoms. The van der Waals surface area contributed by atoms with Gasteiger partial charge in [0.25, 0.3) is 0 Å². The van der Waals surface area contributed by atoms with Crippen molar-refractivity contribution in [2.75, 3.05) is 39.8 Å². The van der Waals surface area contributed by atoms with Gasteiger partial charge in [0.2, 0.25) is 0 Å². The van der Waals surface area contributed by atoms with Crippen molar-refractivity contribution in [3.63, 3.8) is 0 Å². The molecule has 0 spiro atoms. The Morgan fingerprint density at radius 1 is 1.00 bits per heavy atom. The van der Waals surface area contributed by atoms with Crippen LogP contribution in [0, 0.1) is 5.92 Å². The minimum atomic E-state index is 0.685. The maximum atomic E-state index is 2.64. The van der Waals surface area contributed by atoms with Crippen LogP contribution in [0.25, 0.3) is 0 Å². The van der Waals surface area contributed by atoms with Crippen LogP contribution in [0.2, 0.25) is 0 Å². The second-order valence-electron chi connectivity index (χ2n) is 6.34. The maximum absolute atomic E-state index is 2.64. The molecule has 106 valence electrons. The molecule has 1 unspecified atom stereocenters. The van der Waals surface area contributed by atoms with Gasteiger partial charge in [0.05, 0.1) is 0 Å². The van der Waals surface area contributed by atoms with Crippen LogP contribution in [0.1, 0.15) is 31.7 Å². The summed E-state index contributed by atoms with van der Waals surface area (Å²) in [5.41, 5.74) is 1.51. The zero-order chi connectivity index (χ0) is 13.7. The summed E-state index contributed by atoms with van der Waals surface area (Å²) in [4.78, 5) is 5.07. The van der Waals surface area contributed by atoms with Crippen LogP contribution in [0.4, 0.5) is 0 Å². The molecule has 1 heterocycles. The predicted octanol–water partition coefficient (Wildman–Crippen LogP) is 3.06. The number of nitrogens with zero attached hydrogens (tertiary/aromatic N) is 2. The Morgan fingerprint density at radius 3 is 2.21 bits per heavy atom. The third-order valence-electron chi connectivity index (χ3n) is 4.10. The molecule has 0 N–H and O–H groups in total. The van der Waals surface area contributed by atoms with Crippen LogP contribution in [0.15, 0.2) is 30.3 Å². The third kappa shape index (κ3) is 4.63. The van der Waals surface area contributed by atoms with Crippen LogP contribution in [-0.4, -0.2) is 49.6 Å². The number of likely N-dealkylation sites (N-methyl/N-ethyl adjacent to an activating group) is 1. The molecule has 1 fully saturated rings. The SMILES string of the molecule is CC(C)CC(CN1CCN(C)CC1)c1ccccc1. The van der Waals surface area contributed by atoms with E-state index in [9.17, 15) is 0 Å². The fraction of sp³-hybridized carbons (Fsp3) is 0.647. The highest BCUT2D eigenvalue weighted by atomic mass is 15.2. The van der Waals surface area contributed by atoms with Crippen LogP contribution >= 0.6 is 0 Å². The van der Waals surface area contributed by atoms with Gasteiger partial charge >= 0.3 is 0 Å². The van der Waals surface area contributed by atoms with Crippen molar-refractivity contribution < 1.29 is 0 Å². The van der Waals surface area contributed by atoms with E-state index in [-0.39, 0.29) is 0 Å². The van der Waals surface area contributed by atoms with Crippen molar-refractivity contribution in [3.8, 4) is 0 Å². The van der Waals surface area contributed by atoms with Gasteiger partial charge < -0.3 is 9.80 Å². The molecule has 0 saturated carbocycles. The molecular weight excluding hydrogens is 232 g/mol. The molecule has 1 aromatic rings. The van der Waals surface area contributed by atoms with Gasteiger partial charge in [0.1, 0.15) is 0 Å². The van der Waals surface area contributed by atoms with Gasteiger partial charge in [-0.3, -0.25) is 0 Å². The highest BCUT2D eigenvalue weighted by Gasteiger charge is 2.20. The van der Waals surface area contributed by atoms with Crippen LogP contribution in [0.3, 0.4) is 0 Å². The Balaban J connectivity index is 1.98. The Kier molecular flexibility index (Phi) is 5.41. The first kappa shape index (κ1) is 14.5. The molecule has 2 rings (SSSR count). The third-order valence-corrected chi connectivity index (χ3v) is 4.10. The molecule has 1 atom stereocenters. The summed E-state index contributed by atoms with van der Waals surface area (Å²) in [6, 6.07) is 11.1. The lowest BCUT2D eigenvalue weighted by Crippen LogP contribution is -2.45. The Hall–Kier alpha value is -0.860. The number of hydrogen-bond donors (Lipinski definition) is 0. The molecule has 0 aromatic heterocycles. The largest absolute Gasteiger partial charge is 0.304 e. The highest BCUT2D eigenvalue weighted by molar-refractivity contribution is 5.20. The van der Waals surface area contributed by atoms with E-state index < -0.39 is 0 Å². The monoisotopic (exact) mass is 260 g/mol. The first-order chi connectivity index (χ1) is 9.15. The van der Waals surface area contributed by atoms with Crippen LogP contribution in [0.5, 0.6) is 0 Å². The molecule has 0 bridgehead atoms. The lowest BCUT2D eigenvalue weighted by molar-refractivity contribution is 0.143. The molecule has 0 amide bonds. The van der Waals surface area contributed by atoms with Gasteiger partial charge in [-0.25, -0.2) is 0 Å². The topological polar surface area (TPSA) is 6.48 Å². The smallest absolute Gasteiger partial charge is 0.0110 e. The number of benzene rings is 1. The fourth-order valence-electron chi connectivity index (χ4n) is 2.95. The molecule has 0 radical (unpaired) electrons. The van der Waals surface area contributed by atoms with Crippen LogP contribution in [-0.2, 0) is 0 Å². The van der Waals surface area contributed by atoms with E-state index in [0.29, 0.717) is 5.92 Å². The normalized spacial score (nSPS) is 19.8. The van der Waals surface area contributed by atoms with Crippen molar-refractivity contribution in [3.05, 3.63) is 35.9 Å². The molecule has 1 aromatic carbocycles. The highest BCUT2D eigenvalue weighted by Crippen LogP contribution is 2.25. The zero-order valence-electron chi connectivity index (χ0n) is 12.7. The number of piperazine rings is 1. The van der Waals surface area contributed by atoms with Crippen LogP contribution < -0.4 is 0 Å². The number of rotatable bonds is 5. The minimum Gasteiger partial charge on any atom is -0.304 e. The lowest BCUT2D eigenvalue weighted by Gasteiger charge is -2.35. The van der Waals surface area contributed by atoms with Crippen molar-refractivity contribution in [2.24, 2.45) is 5.92 Å². The summed E-state index contributed by atoms with van der Waals surface area (Å²) in [6.07, 6.45) is 1.29. The molecule has 1 aliphatic rings. The summed E-state index contributed by atoms with van der Waals surface area (Å²) >= 11 is 0. The van der Waals surface area contributed by atoms with Gasteiger partial charge in [0, 0.05) is 32.7 Å². The quantitative estimate of drug-likeness (QED) is 0.803. The van der Waals surface area contributed by atoms with Crippen molar-refractivity contribution in [1.82, 2.24) is 9.80 Å². The number of hydrogen-bond acceptors (Lipinski definition) is 2. The van der Waals surface area contributed by atoms with E-state index in [0.717, 1.165) is 5.92 Å². The van der Waals surface area contributed by atoms with E-state index in [2.05, 4.69) is 61.0 Å². The lowest BCUT2D eigenvalue weighted by atomic mass is 9.89. The molecule has 0 aliphatic carbocycles. The predicted molar refractivity (Wildman–Crippen MR) is 82.6 cm³/mol. The van der Waals surface area contributed by atoms with E-state index >= 15 is 0 Å². The molecular formula is C17H28N2. The van der Waals surface area contributed by atoms with Gasteiger partial charge in [-0.1, -0.05) is 44.2 Å². The van der Waals surface area contributed by atoms with E-state index in [1.54, 1.807) is 0 Å². The minimum absolute atomic E-state index is 0.685. The molecule has 1 aliphatic heterocycles. The Labute approximate surface area is 118 Å². The first-order valence-corrected chi connectivity index (χ1v) is 7.61. The Morgan fingerprint density at radius 2 is 1.63 bits per heavy atom. The van der Waals surface area contributed by atoms with E-state index in [4.69, 9.17) is 0 Å². The molecule has 2 nitrogen and oxygen atoms in total. The summed E-state index contributed by atoms with van der Waals surface area (Å²) < 4.78 is 0. The van der Waals surface area contributed by atoms with Crippen molar-refractivity contribution in [2.45, 2.75) is 26.2 Å². The summed E-state index contributed by atoms with van der Waals surface area (Å²) in [5.74, 6) is 1.45. The van der Waals surface area contributed by atoms with Crippen molar-refractivity contribution >= 4 is 0 Å². The average Bonchev–Trinajstić information content (AvgIpc) is 2.41. The van der Waals surface area contributed by atoms with Gasteiger partial charge in [-0.05, 0) is 30.9 Å². The summed E-state index contributed by atoms with van der Waals surface area (Å²) in [5, 5.41) is 0. The standard InChI is InChI=1S/C17H28N2/c1-15(2)13-17(16-7-5-4-6-8-16)14-19-11-9-18(3)10-12-19/h4-8,15,17H,9-14H2,1-3H3. The second-order valence-corrected chi connectivity index (χ2v) is 6.34. The van der Waals surface area contributed by atoms with E-state index in [1.807, 2.05) is 0 Å². The fourth-order valence-corrected chi connectivity index (χ4v) is 2.95. The maximum Gasteiger partial charge on any atom is 0.0110 e. The molecule has 2 heteroatoms. The van der Waals surface area contributed by atoms with Gasteiger partial charge in [0.15, 0.2) is 0 Å². The first-order valence-electron chi connectivity index (χ1n) is 7.61. The summed E-state index contributed by atoms with van der Waals surface area (Å²) in [6.45, 7) is 10.7. The van der Waals surface area contributed by atoms with Gasteiger partial charge in [-0.15, -0.1) is 0 Å². The average molecular weight is 260 g/mol. The second kappa shape index (κ2) is 7.06. The molecule has 1 saturated heterocycles.